The van der Waals surface area contributed by atoms with Crippen LogP contribution in [0.1, 0.15) is 27.3 Å². The minimum absolute atomic E-state index is 0.0447. The van der Waals surface area contributed by atoms with Gasteiger partial charge in [0.1, 0.15) is 5.82 Å². The Kier molecular flexibility index (Phi) is 4.42. The third-order valence-corrected chi connectivity index (χ3v) is 3.99. The van der Waals surface area contributed by atoms with Gasteiger partial charge in [-0.3, -0.25) is 4.79 Å². The molecule has 122 valence electrons. The van der Waals surface area contributed by atoms with Crippen LogP contribution in [0.3, 0.4) is 0 Å². The molecule has 0 aliphatic rings. The highest BCUT2D eigenvalue weighted by molar-refractivity contribution is 5.94. The Hall–Kier alpha value is -2.95. The summed E-state index contributed by atoms with van der Waals surface area (Å²) in [5.41, 5.74) is 3.73. The fourth-order valence-electron chi connectivity index (χ4n) is 2.66. The Labute approximate surface area is 139 Å². The number of amides is 1. The summed E-state index contributed by atoms with van der Waals surface area (Å²) in [6.45, 7) is 4.16. The molecule has 2 aromatic carbocycles. The van der Waals surface area contributed by atoms with Crippen molar-refractivity contribution in [2.45, 2.75) is 20.4 Å². The number of para-hydroxylation sites is 1. The number of halogens is 1. The molecule has 0 atom stereocenters. The monoisotopic (exact) mass is 323 g/mol. The third kappa shape index (κ3) is 3.06. The standard InChI is InChI=1S/C19H18FN3O/c1-13-17(12-21-19(24)16-10-6-7-11-18(16)20)14(2)23(22-13)15-8-4-3-5-9-15/h3-11H,12H2,1-2H3,(H,21,24). The first kappa shape index (κ1) is 15.9. The van der Waals surface area contributed by atoms with Gasteiger partial charge in [-0.15, -0.1) is 0 Å². The second-order valence-electron chi connectivity index (χ2n) is 5.56. The summed E-state index contributed by atoms with van der Waals surface area (Å²) in [4.78, 5) is 12.2. The first-order valence-corrected chi connectivity index (χ1v) is 7.71. The largest absolute Gasteiger partial charge is 0.348 e. The molecule has 0 aliphatic carbocycles. The summed E-state index contributed by atoms with van der Waals surface area (Å²) in [5.74, 6) is -0.956. The van der Waals surface area contributed by atoms with E-state index in [9.17, 15) is 9.18 Å². The van der Waals surface area contributed by atoms with E-state index in [1.807, 2.05) is 48.9 Å². The molecule has 1 amide bonds. The van der Waals surface area contributed by atoms with E-state index in [-0.39, 0.29) is 5.56 Å². The van der Waals surface area contributed by atoms with Crippen LogP contribution in [-0.2, 0) is 6.54 Å². The summed E-state index contributed by atoms with van der Waals surface area (Å²) in [5, 5.41) is 7.31. The van der Waals surface area contributed by atoms with E-state index in [0.29, 0.717) is 6.54 Å². The predicted molar refractivity (Wildman–Crippen MR) is 90.6 cm³/mol. The van der Waals surface area contributed by atoms with E-state index in [2.05, 4.69) is 10.4 Å². The van der Waals surface area contributed by atoms with Crippen molar-refractivity contribution < 1.29 is 9.18 Å². The van der Waals surface area contributed by atoms with Crippen molar-refractivity contribution in [1.82, 2.24) is 15.1 Å². The van der Waals surface area contributed by atoms with Crippen LogP contribution in [0, 0.1) is 19.7 Å². The van der Waals surface area contributed by atoms with Crippen molar-refractivity contribution in [3.05, 3.63) is 82.9 Å². The second-order valence-corrected chi connectivity index (χ2v) is 5.56. The number of hydrogen-bond acceptors (Lipinski definition) is 2. The average Bonchev–Trinajstić information content (AvgIpc) is 2.88. The summed E-state index contributed by atoms with van der Waals surface area (Å²) in [7, 11) is 0. The number of carbonyl (C=O) groups is 1. The number of nitrogens with one attached hydrogen (secondary N) is 1. The van der Waals surface area contributed by atoms with Gasteiger partial charge in [0.15, 0.2) is 0 Å². The zero-order chi connectivity index (χ0) is 17.1. The summed E-state index contributed by atoms with van der Waals surface area (Å²) in [6.07, 6.45) is 0. The molecule has 4 nitrogen and oxygen atoms in total. The Morgan fingerprint density at radius 1 is 1.08 bits per heavy atom. The maximum Gasteiger partial charge on any atom is 0.254 e. The molecule has 0 fully saturated rings. The Morgan fingerprint density at radius 2 is 1.75 bits per heavy atom. The summed E-state index contributed by atoms with van der Waals surface area (Å²) in [6, 6.07) is 15.7. The smallest absolute Gasteiger partial charge is 0.254 e. The van der Waals surface area contributed by atoms with Gasteiger partial charge in [0.05, 0.1) is 16.9 Å². The lowest BCUT2D eigenvalue weighted by molar-refractivity contribution is 0.0947. The molecule has 1 N–H and O–H groups in total. The van der Waals surface area contributed by atoms with Crippen molar-refractivity contribution in [1.29, 1.82) is 0 Å². The van der Waals surface area contributed by atoms with E-state index in [1.165, 1.54) is 12.1 Å². The number of aromatic nitrogens is 2. The minimum Gasteiger partial charge on any atom is -0.348 e. The Balaban J connectivity index is 1.80. The number of aryl methyl sites for hydroxylation is 1. The molecular formula is C19H18FN3O. The van der Waals surface area contributed by atoms with Crippen LogP contribution in [0.5, 0.6) is 0 Å². The van der Waals surface area contributed by atoms with E-state index < -0.39 is 11.7 Å². The fourth-order valence-corrected chi connectivity index (χ4v) is 2.66. The van der Waals surface area contributed by atoms with E-state index in [4.69, 9.17) is 0 Å². The van der Waals surface area contributed by atoms with Crippen molar-refractivity contribution >= 4 is 5.91 Å². The van der Waals surface area contributed by atoms with Crippen LogP contribution < -0.4 is 5.32 Å². The van der Waals surface area contributed by atoms with Gasteiger partial charge < -0.3 is 5.32 Å². The highest BCUT2D eigenvalue weighted by atomic mass is 19.1. The van der Waals surface area contributed by atoms with Crippen molar-refractivity contribution in [3.8, 4) is 5.69 Å². The van der Waals surface area contributed by atoms with Crippen molar-refractivity contribution in [2.75, 3.05) is 0 Å². The average molecular weight is 323 g/mol. The molecule has 1 heterocycles. The van der Waals surface area contributed by atoms with Gasteiger partial charge in [-0.1, -0.05) is 30.3 Å². The van der Waals surface area contributed by atoms with Gasteiger partial charge in [-0.2, -0.15) is 5.10 Å². The molecule has 24 heavy (non-hydrogen) atoms. The number of nitrogens with zero attached hydrogens (tertiary/aromatic N) is 2. The molecule has 0 unspecified atom stereocenters. The Morgan fingerprint density at radius 3 is 2.46 bits per heavy atom. The van der Waals surface area contributed by atoms with E-state index in [1.54, 1.807) is 12.1 Å². The van der Waals surface area contributed by atoms with Crippen LogP contribution in [0.4, 0.5) is 4.39 Å². The van der Waals surface area contributed by atoms with Gasteiger partial charge in [0, 0.05) is 17.8 Å². The molecule has 0 spiro atoms. The maximum atomic E-state index is 13.7. The van der Waals surface area contributed by atoms with Gasteiger partial charge >= 0.3 is 0 Å². The highest BCUT2D eigenvalue weighted by Crippen LogP contribution is 2.18. The molecule has 0 saturated heterocycles. The minimum atomic E-state index is -0.525. The van der Waals surface area contributed by atoms with Gasteiger partial charge in [-0.25, -0.2) is 9.07 Å². The molecule has 0 saturated carbocycles. The molecule has 0 aliphatic heterocycles. The third-order valence-electron chi connectivity index (χ3n) is 3.99. The predicted octanol–water partition coefficient (Wildman–Crippen LogP) is 3.56. The van der Waals surface area contributed by atoms with Crippen LogP contribution in [0.2, 0.25) is 0 Å². The lowest BCUT2D eigenvalue weighted by Crippen LogP contribution is -2.24. The van der Waals surface area contributed by atoms with Gasteiger partial charge in [0.2, 0.25) is 0 Å². The number of rotatable bonds is 4. The van der Waals surface area contributed by atoms with Crippen LogP contribution in [0.25, 0.3) is 5.69 Å². The fraction of sp³-hybridized carbons (Fsp3) is 0.158. The van der Waals surface area contributed by atoms with Gasteiger partial charge in [-0.05, 0) is 38.1 Å². The second kappa shape index (κ2) is 6.66. The summed E-state index contributed by atoms with van der Waals surface area (Å²) < 4.78 is 15.5. The molecule has 3 aromatic rings. The zero-order valence-electron chi connectivity index (χ0n) is 13.6. The normalized spacial score (nSPS) is 10.6. The molecule has 0 radical (unpaired) electrons. The van der Waals surface area contributed by atoms with Crippen LogP contribution in [-0.4, -0.2) is 15.7 Å². The molecule has 3 rings (SSSR count). The zero-order valence-corrected chi connectivity index (χ0v) is 13.6. The van der Waals surface area contributed by atoms with Crippen molar-refractivity contribution in [3.63, 3.8) is 0 Å². The van der Waals surface area contributed by atoms with E-state index >= 15 is 0 Å². The highest BCUT2D eigenvalue weighted by Gasteiger charge is 2.15. The number of hydrogen-bond donors (Lipinski definition) is 1. The quantitative estimate of drug-likeness (QED) is 0.798. The molecular weight excluding hydrogens is 305 g/mol. The van der Waals surface area contributed by atoms with E-state index in [0.717, 1.165) is 22.6 Å². The Bertz CT molecular complexity index is 872. The number of benzene rings is 2. The SMILES string of the molecule is Cc1nn(-c2ccccc2)c(C)c1CNC(=O)c1ccccc1F. The molecule has 5 heteroatoms. The topological polar surface area (TPSA) is 46.9 Å². The van der Waals surface area contributed by atoms with Gasteiger partial charge in [0.25, 0.3) is 5.91 Å². The first-order chi connectivity index (χ1) is 11.6. The first-order valence-electron chi connectivity index (χ1n) is 7.71. The van der Waals surface area contributed by atoms with Crippen LogP contribution in [0.15, 0.2) is 54.6 Å². The molecule has 0 bridgehead atoms. The number of carbonyl (C=O) groups excluding carboxylic acids is 1. The maximum absolute atomic E-state index is 13.7. The summed E-state index contributed by atoms with van der Waals surface area (Å²) >= 11 is 0. The van der Waals surface area contributed by atoms with Crippen LogP contribution >= 0.6 is 0 Å². The lowest BCUT2D eigenvalue weighted by atomic mass is 10.1. The van der Waals surface area contributed by atoms with Crippen molar-refractivity contribution in [2.24, 2.45) is 0 Å². The lowest BCUT2D eigenvalue weighted by Gasteiger charge is -2.07. The molecule has 1 aromatic heterocycles.